The third kappa shape index (κ3) is 4.18. The van der Waals surface area contributed by atoms with Crippen molar-refractivity contribution >= 4 is 5.91 Å². The number of nitrogens with zero attached hydrogens (tertiary/aromatic N) is 3. The number of rotatable bonds is 6. The van der Waals surface area contributed by atoms with Gasteiger partial charge in [0.1, 0.15) is 0 Å². The molecule has 2 aromatic rings. The highest BCUT2D eigenvalue weighted by Gasteiger charge is 2.26. The Balaban J connectivity index is 1.58. The molecule has 1 fully saturated rings. The largest absolute Gasteiger partial charge is 0.355 e. The molecule has 0 aliphatic carbocycles. The van der Waals surface area contributed by atoms with Crippen molar-refractivity contribution in [1.82, 2.24) is 20.4 Å². The van der Waals surface area contributed by atoms with Crippen LogP contribution in [-0.2, 0) is 11.3 Å². The highest BCUT2D eigenvalue weighted by atomic mass is 16.5. The van der Waals surface area contributed by atoms with Gasteiger partial charge >= 0.3 is 0 Å². The van der Waals surface area contributed by atoms with Gasteiger partial charge in [-0.15, -0.1) is 0 Å². The Kier molecular flexibility index (Phi) is 5.55. The van der Waals surface area contributed by atoms with Crippen molar-refractivity contribution < 1.29 is 9.32 Å². The van der Waals surface area contributed by atoms with Crippen LogP contribution in [0.15, 0.2) is 34.9 Å². The molecule has 1 aliphatic rings. The quantitative estimate of drug-likeness (QED) is 0.821. The van der Waals surface area contributed by atoms with Gasteiger partial charge in [0.25, 0.3) is 5.89 Å². The fourth-order valence-corrected chi connectivity index (χ4v) is 2.97. The number of hydrogen-bond acceptors (Lipinski definition) is 6. The molecule has 7 heteroatoms. The van der Waals surface area contributed by atoms with Gasteiger partial charge in [0.05, 0.1) is 12.5 Å². The zero-order chi connectivity index (χ0) is 16.8. The van der Waals surface area contributed by atoms with Crippen LogP contribution in [-0.4, -0.2) is 47.1 Å². The average molecular weight is 329 g/mol. The second-order valence-electron chi connectivity index (χ2n) is 6.04. The number of piperidine rings is 1. The Morgan fingerprint density at radius 2 is 2.21 bits per heavy atom. The molecule has 0 bridgehead atoms. The van der Waals surface area contributed by atoms with E-state index in [4.69, 9.17) is 10.3 Å². The minimum absolute atomic E-state index is 0.00537. The standard InChI is InChI=1S/C17H23N5O2/c18-8-9-19-16(23)14-7-4-10-22(11-14)12-15-20-17(24-21-15)13-5-2-1-3-6-13/h1-3,5-6,14H,4,7-12,18H2,(H,19,23). The molecular weight excluding hydrogens is 306 g/mol. The summed E-state index contributed by atoms with van der Waals surface area (Å²) in [5, 5.41) is 6.93. The second-order valence-corrected chi connectivity index (χ2v) is 6.04. The third-order valence-corrected chi connectivity index (χ3v) is 4.17. The van der Waals surface area contributed by atoms with Crippen molar-refractivity contribution in [3.63, 3.8) is 0 Å². The average Bonchev–Trinajstić information content (AvgIpc) is 3.09. The lowest BCUT2D eigenvalue weighted by atomic mass is 9.97. The summed E-state index contributed by atoms with van der Waals surface area (Å²) in [6.45, 7) is 3.24. The lowest BCUT2D eigenvalue weighted by molar-refractivity contribution is -0.126. The molecular formula is C17H23N5O2. The van der Waals surface area contributed by atoms with Crippen molar-refractivity contribution in [1.29, 1.82) is 0 Å². The molecule has 1 amide bonds. The maximum Gasteiger partial charge on any atom is 0.257 e. The van der Waals surface area contributed by atoms with Crippen molar-refractivity contribution in [2.75, 3.05) is 26.2 Å². The first kappa shape index (κ1) is 16.6. The summed E-state index contributed by atoms with van der Waals surface area (Å²) in [6.07, 6.45) is 1.90. The van der Waals surface area contributed by atoms with Gasteiger partial charge in [-0.25, -0.2) is 0 Å². The van der Waals surface area contributed by atoms with Crippen LogP contribution in [0.3, 0.4) is 0 Å². The normalized spacial score (nSPS) is 18.5. The number of likely N-dealkylation sites (tertiary alicyclic amines) is 1. The predicted molar refractivity (Wildman–Crippen MR) is 89.8 cm³/mol. The van der Waals surface area contributed by atoms with E-state index < -0.39 is 0 Å². The molecule has 128 valence electrons. The molecule has 1 atom stereocenters. The van der Waals surface area contributed by atoms with E-state index in [2.05, 4.69) is 20.4 Å². The van der Waals surface area contributed by atoms with Gasteiger partial charge in [-0.2, -0.15) is 4.98 Å². The Morgan fingerprint density at radius 1 is 1.38 bits per heavy atom. The van der Waals surface area contributed by atoms with E-state index in [9.17, 15) is 4.79 Å². The number of aromatic nitrogens is 2. The maximum absolute atomic E-state index is 12.1. The van der Waals surface area contributed by atoms with Crippen LogP contribution in [0, 0.1) is 5.92 Å². The molecule has 3 N–H and O–H groups in total. The first-order valence-electron chi connectivity index (χ1n) is 8.34. The lowest BCUT2D eigenvalue weighted by Crippen LogP contribution is -2.43. The van der Waals surface area contributed by atoms with Crippen LogP contribution in [0.2, 0.25) is 0 Å². The minimum Gasteiger partial charge on any atom is -0.355 e. The Labute approximate surface area is 141 Å². The molecule has 0 saturated carbocycles. The van der Waals surface area contributed by atoms with E-state index >= 15 is 0 Å². The first-order chi connectivity index (χ1) is 11.8. The van der Waals surface area contributed by atoms with Gasteiger partial charge in [0.2, 0.25) is 5.91 Å². The topological polar surface area (TPSA) is 97.3 Å². The molecule has 0 spiro atoms. The molecule has 7 nitrogen and oxygen atoms in total. The molecule has 1 saturated heterocycles. The lowest BCUT2D eigenvalue weighted by Gasteiger charge is -2.30. The van der Waals surface area contributed by atoms with Crippen LogP contribution in [0.25, 0.3) is 11.5 Å². The number of amides is 1. The number of carbonyl (C=O) groups is 1. The molecule has 1 unspecified atom stereocenters. The summed E-state index contributed by atoms with van der Waals surface area (Å²) in [6, 6.07) is 9.71. The van der Waals surface area contributed by atoms with E-state index in [1.54, 1.807) is 0 Å². The molecule has 2 heterocycles. The monoisotopic (exact) mass is 329 g/mol. The number of carbonyl (C=O) groups excluding carboxylic acids is 1. The molecule has 3 rings (SSSR count). The molecule has 1 aromatic heterocycles. The molecule has 24 heavy (non-hydrogen) atoms. The summed E-state index contributed by atoms with van der Waals surface area (Å²) >= 11 is 0. The van der Waals surface area contributed by atoms with E-state index in [0.29, 0.717) is 37.9 Å². The Morgan fingerprint density at radius 3 is 3.00 bits per heavy atom. The number of hydrogen-bond donors (Lipinski definition) is 2. The third-order valence-electron chi connectivity index (χ3n) is 4.17. The van der Waals surface area contributed by atoms with Crippen molar-refractivity contribution in [3.8, 4) is 11.5 Å². The number of benzene rings is 1. The SMILES string of the molecule is NCCNC(=O)C1CCCN(Cc2noc(-c3ccccc3)n2)C1. The second kappa shape index (κ2) is 8.03. The summed E-state index contributed by atoms with van der Waals surface area (Å²) in [7, 11) is 0. The Bertz CT molecular complexity index is 658. The summed E-state index contributed by atoms with van der Waals surface area (Å²) in [5.41, 5.74) is 6.35. The number of nitrogens with two attached hydrogens (primary N) is 1. The maximum atomic E-state index is 12.1. The molecule has 1 aromatic carbocycles. The van der Waals surface area contributed by atoms with Crippen molar-refractivity contribution in [2.24, 2.45) is 11.7 Å². The van der Waals surface area contributed by atoms with E-state index in [1.807, 2.05) is 30.3 Å². The van der Waals surface area contributed by atoms with Gasteiger partial charge in [-0.1, -0.05) is 23.4 Å². The predicted octanol–water partition coefficient (Wildman–Crippen LogP) is 1.02. The van der Waals surface area contributed by atoms with E-state index in [-0.39, 0.29) is 11.8 Å². The van der Waals surface area contributed by atoms with E-state index in [1.165, 1.54) is 0 Å². The van der Waals surface area contributed by atoms with Gasteiger partial charge in [-0.05, 0) is 31.5 Å². The summed E-state index contributed by atoms with van der Waals surface area (Å²) in [5.74, 6) is 1.27. The van der Waals surface area contributed by atoms with Gasteiger partial charge in [0.15, 0.2) is 5.82 Å². The van der Waals surface area contributed by atoms with Crippen LogP contribution < -0.4 is 11.1 Å². The molecule has 0 radical (unpaired) electrons. The fourth-order valence-electron chi connectivity index (χ4n) is 2.97. The highest BCUT2D eigenvalue weighted by molar-refractivity contribution is 5.78. The van der Waals surface area contributed by atoms with Crippen LogP contribution >= 0.6 is 0 Å². The highest BCUT2D eigenvalue weighted by Crippen LogP contribution is 2.20. The van der Waals surface area contributed by atoms with Crippen LogP contribution in [0.4, 0.5) is 0 Å². The Hall–Kier alpha value is -2.25. The fraction of sp³-hybridized carbons (Fsp3) is 0.471. The summed E-state index contributed by atoms with van der Waals surface area (Å²) in [4.78, 5) is 18.8. The summed E-state index contributed by atoms with van der Waals surface area (Å²) < 4.78 is 5.34. The van der Waals surface area contributed by atoms with E-state index in [0.717, 1.165) is 24.9 Å². The minimum atomic E-state index is 0.00537. The van der Waals surface area contributed by atoms with Crippen LogP contribution in [0.1, 0.15) is 18.7 Å². The zero-order valence-corrected chi connectivity index (χ0v) is 13.6. The van der Waals surface area contributed by atoms with Crippen molar-refractivity contribution in [3.05, 3.63) is 36.2 Å². The van der Waals surface area contributed by atoms with Gasteiger partial charge in [-0.3, -0.25) is 9.69 Å². The first-order valence-corrected chi connectivity index (χ1v) is 8.34. The zero-order valence-electron chi connectivity index (χ0n) is 13.6. The van der Waals surface area contributed by atoms with Gasteiger partial charge in [0, 0.05) is 25.2 Å². The van der Waals surface area contributed by atoms with Crippen molar-refractivity contribution in [2.45, 2.75) is 19.4 Å². The van der Waals surface area contributed by atoms with Gasteiger partial charge < -0.3 is 15.6 Å². The smallest absolute Gasteiger partial charge is 0.257 e. The van der Waals surface area contributed by atoms with Crippen LogP contribution in [0.5, 0.6) is 0 Å². The number of nitrogens with one attached hydrogen (secondary N) is 1. The molecule has 1 aliphatic heterocycles.